The van der Waals surface area contributed by atoms with Gasteiger partial charge in [-0.25, -0.2) is 0 Å². The van der Waals surface area contributed by atoms with Crippen LogP contribution in [0.25, 0.3) is 0 Å². The summed E-state index contributed by atoms with van der Waals surface area (Å²) in [4.78, 5) is 2.54. The van der Waals surface area contributed by atoms with Crippen molar-refractivity contribution in [1.29, 1.82) is 0 Å². The summed E-state index contributed by atoms with van der Waals surface area (Å²) < 4.78 is 10.6. The Bertz CT molecular complexity index is 708. The first kappa shape index (κ1) is 19.3. The first-order valence-electron chi connectivity index (χ1n) is 10.3. The molecule has 0 radical (unpaired) electrons. The Morgan fingerprint density at radius 1 is 0.786 bits per heavy atom. The largest absolute Gasteiger partial charge is 0.497 e. The summed E-state index contributed by atoms with van der Waals surface area (Å²) in [6, 6.07) is 17.5. The van der Waals surface area contributed by atoms with Crippen LogP contribution in [0.4, 0.5) is 0 Å². The van der Waals surface area contributed by atoms with Gasteiger partial charge in [0.15, 0.2) is 0 Å². The first-order chi connectivity index (χ1) is 13.6. The van der Waals surface area contributed by atoms with Gasteiger partial charge in [0.1, 0.15) is 11.5 Å². The second-order valence-electron chi connectivity index (χ2n) is 8.30. The van der Waals surface area contributed by atoms with E-state index in [2.05, 4.69) is 36.2 Å². The second-order valence-corrected chi connectivity index (χ2v) is 8.30. The minimum absolute atomic E-state index is 0.264. The molecule has 1 N–H and O–H groups in total. The van der Waals surface area contributed by atoms with Crippen LogP contribution in [0, 0.1) is 11.8 Å². The predicted octanol–water partition coefficient (Wildman–Crippen LogP) is 3.56. The van der Waals surface area contributed by atoms with Gasteiger partial charge in [0.25, 0.3) is 0 Å². The highest BCUT2D eigenvalue weighted by Crippen LogP contribution is 2.44. The molecule has 4 nitrogen and oxygen atoms in total. The Kier molecular flexibility index (Phi) is 5.61. The lowest BCUT2D eigenvalue weighted by atomic mass is 9.75. The zero-order valence-electron chi connectivity index (χ0n) is 17.0. The van der Waals surface area contributed by atoms with E-state index in [1.807, 2.05) is 24.3 Å². The summed E-state index contributed by atoms with van der Waals surface area (Å²) in [6.45, 7) is 0. The minimum atomic E-state index is -0.280. The molecule has 0 saturated carbocycles. The molecule has 2 aliphatic heterocycles. The number of hydrogen-bond acceptors (Lipinski definition) is 4. The third-order valence-corrected chi connectivity index (χ3v) is 6.93. The van der Waals surface area contributed by atoms with Crippen molar-refractivity contribution >= 4 is 0 Å². The third-order valence-electron chi connectivity index (χ3n) is 6.93. The molecular weight excluding hydrogens is 350 g/mol. The number of nitrogens with zero attached hydrogens (tertiary/aromatic N) is 1. The fourth-order valence-corrected chi connectivity index (χ4v) is 5.38. The zero-order chi connectivity index (χ0) is 19.7. The number of piperidine rings is 1. The van der Waals surface area contributed by atoms with Crippen molar-refractivity contribution in [3.05, 3.63) is 59.7 Å². The Balaban J connectivity index is 1.53. The maximum Gasteiger partial charge on any atom is 0.118 e. The van der Waals surface area contributed by atoms with Crippen LogP contribution in [-0.2, 0) is 12.8 Å². The number of rotatable bonds is 6. The van der Waals surface area contributed by atoms with Crippen molar-refractivity contribution in [2.45, 2.75) is 43.9 Å². The van der Waals surface area contributed by atoms with Crippen LogP contribution in [-0.4, -0.2) is 49.5 Å². The summed E-state index contributed by atoms with van der Waals surface area (Å²) in [6.07, 6.45) is 3.90. The minimum Gasteiger partial charge on any atom is -0.497 e. The molecule has 2 saturated heterocycles. The Morgan fingerprint density at radius 3 is 1.54 bits per heavy atom. The van der Waals surface area contributed by atoms with Crippen LogP contribution < -0.4 is 9.47 Å². The van der Waals surface area contributed by atoms with Crippen LogP contribution in [0.3, 0.4) is 0 Å². The van der Waals surface area contributed by atoms with E-state index in [9.17, 15) is 5.11 Å². The van der Waals surface area contributed by atoms with E-state index in [1.54, 1.807) is 14.2 Å². The van der Waals surface area contributed by atoms with Gasteiger partial charge in [-0.2, -0.15) is 0 Å². The van der Waals surface area contributed by atoms with Gasteiger partial charge in [0.2, 0.25) is 0 Å². The van der Waals surface area contributed by atoms with E-state index < -0.39 is 0 Å². The molecule has 0 aliphatic carbocycles. The van der Waals surface area contributed by atoms with E-state index in [1.165, 1.54) is 24.0 Å². The van der Waals surface area contributed by atoms with Crippen molar-refractivity contribution in [3.63, 3.8) is 0 Å². The van der Waals surface area contributed by atoms with Crippen molar-refractivity contribution < 1.29 is 14.6 Å². The Hall–Kier alpha value is -2.04. The molecule has 4 heteroatoms. The lowest BCUT2D eigenvalue weighted by molar-refractivity contribution is -0.0549. The molecule has 2 aliphatic rings. The highest BCUT2D eigenvalue weighted by molar-refractivity contribution is 5.29. The van der Waals surface area contributed by atoms with Crippen LogP contribution in [0.5, 0.6) is 11.5 Å². The number of ether oxygens (including phenoxy) is 2. The number of methoxy groups -OCH3 is 2. The van der Waals surface area contributed by atoms with Gasteiger partial charge in [0.05, 0.1) is 20.3 Å². The van der Waals surface area contributed by atoms with E-state index >= 15 is 0 Å². The maximum absolute atomic E-state index is 11.4. The normalized spacial score (nSPS) is 29.6. The number of hydrogen-bond donors (Lipinski definition) is 1. The summed E-state index contributed by atoms with van der Waals surface area (Å²) in [7, 11) is 5.63. The standard InChI is InChI=1S/C24H31NO3/c1-25-22-12-13-23(25)21(15-17-6-10-19(28-3)11-7-17)24(26)20(22)14-16-4-8-18(27-2)9-5-16/h4-11,20-24,26H,12-15H2,1-3H3/t20-,21+,22-,23-,24?/m1/s1. The number of aliphatic hydroxyl groups is 1. The Morgan fingerprint density at radius 2 is 1.18 bits per heavy atom. The molecule has 5 atom stereocenters. The highest BCUT2D eigenvalue weighted by Gasteiger charge is 2.50. The van der Waals surface area contributed by atoms with Gasteiger partial charge in [-0.3, -0.25) is 4.90 Å². The average Bonchev–Trinajstić information content (AvgIpc) is 3.04. The van der Waals surface area contributed by atoms with Crippen LogP contribution >= 0.6 is 0 Å². The van der Waals surface area contributed by atoms with Crippen molar-refractivity contribution in [2.75, 3.05) is 21.3 Å². The third kappa shape index (κ3) is 3.63. The number of benzene rings is 2. The van der Waals surface area contributed by atoms with Gasteiger partial charge in [-0.15, -0.1) is 0 Å². The van der Waals surface area contributed by atoms with Crippen LogP contribution in [0.1, 0.15) is 24.0 Å². The number of aliphatic hydroxyl groups excluding tert-OH is 1. The van der Waals surface area contributed by atoms with Gasteiger partial charge in [-0.05, 0) is 68.1 Å². The van der Waals surface area contributed by atoms with Gasteiger partial charge < -0.3 is 14.6 Å². The summed E-state index contributed by atoms with van der Waals surface area (Å²) in [5, 5.41) is 11.4. The molecule has 150 valence electrons. The second kappa shape index (κ2) is 8.14. The van der Waals surface area contributed by atoms with Crippen LogP contribution in [0.2, 0.25) is 0 Å². The molecule has 0 spiro atoms. The number of fused-ring (bicyclic) bond motifs is 2. The van der Waals surface area contributed by atoms with Gasteiger partial charge >= 0.3 is 0 Å². The van der Waals surface area contributed by atoms with E-state index in [-0.39, 0.29) is 17.9 Å². The molecule has 2 aromatic carbocycles. The van der Waals surface area contributed by atoms with E-state index in [0.717, 1.165) is 24.3 Å². The first-order valence-corrected chi connectivity index (χ1v) is 10.3. The van der Waals surface area contributed by atoms with Crippen LogP contribution in [0.15, 0.2) is 48.5 Å². The summed E-state index contributed by atoms with van der Waals surface area (Å²) in [5.41, 5.74) is 2.54. The van der Waals surface area contributed by atoms with Crippen molar-refractivity contribution in [1.82, 2.24) is 4.90 Å². The SMILES string of the molecule is COc1ccc(C[C@@H]2C(O)[C@H](Cc3ccc(OC)cc3)[C@H]3CC[C@H]2N3C)cc1. The molecule has 2 bridgehead atoms. The molecule has 0 amide bonds. The smallest absolute Gasteiger partial charge is 0.118 e. The molecule has 0 aromatic heterocycles. The lowest BCUT2D eigenvalue weighted by Crippen LogP contribution is -2.56. The average molecular weight is 382 g/mol. The summed E-state index contributed by atoms with van der Waals surface area (Å²) in [5.74, 6) is 2.28. The monoisotopic (exact) mass is 381 g/mol. The van der Waals surface area contributed by atoms with Crippen molar-refractivity contribution in [2.24, 2.45) is 11.8 Å². The molecule has 2 heterocycles. The highest BCUT2D eigenvalue weighted by atomic mass is 16.5. The Labute approximate surface area is 168 Å². The molecular formula is C24H31NO3. The van der Waals surface area contributed by atoms with Gasteiger partial charge in [-0.1, -0.05) is 24.3 Å². The predicted molar refractivity (Wildman–Crippen MR) is 111 cm³/mol. The molecule has 4 rings (SSSR count). The molecule has 1 unspecified atom stereocenters. The maximum atomic E-state index is 11.4. The zero-order valence-corrected chi connectivity index (χ0v) is 17.0. The van der Waals surface area contributed by atoms with E-state index in [0.29, 0.717) is 12.1 Å². The summed E-state index contributed by atoms with van der Waals surface area (Å²) >= 11 is 0. The fraction of sp³-hybridized carbons (Fsp3) is 0.500. The molecule has 28 heavy (non-hydrogen) atoms. The van der Waals surface area contributed by atoms with Crippen molar-refractivity contribution in [3.8, 4) is 11.5 Å². The molecule has 2 aromatic rings. The van der Waals surface area contributed by atoms with E-state index in [4.69, 9.17) is 9.47 Å². The topological polar surface area (TPSA) is 41.9 Å². The van der Waals surface area contributed by atoms with Gasteiger partial charge in [0, 0.05) is 23.9 Å². The lowest BCUT2D eigenvalue weighted by Gasteiger charge is -2.46. The molecule has 2 fully saturated rings. The fourth-order valence-electron chi connectivity index (χ4n) is 5.38. The quantitative estimate of drug-likeness (QED) is 0.831.